The van der Waals surface area contributed by atoms with Gasteiger partial charge in [-0.25, -0.2) is 0 Å². The van der Waals surface area contributed by atoms with Crippen LogP contribution in [0.5, 0.6) is 0 Å². The third kappa shape index (κ3) is 2.90. The highest BCUT2D eigenvalue weighted by Gasteiger charge is 2.26. The first-order valence-electron chi connectivity index (χ1n) is 6.50. The average Bonchev–Trinajstić information content (AvgIpc) is 2.44. The predicted octanol–water partition coefficient (Wildman–Crippen LogP) is 3.67. The molecule has 98 valence electrons. The Morgan fingerprint density at radius 1 is 1.16 bits per heavy atom. The van der Waals surface area contributed by atoms with Gasteiger partial charge < -0.3 is 9.59 Å². The van der Waals surface area contributed by atoms with E-state index < -0.39 is 5.41 Å². The van der Waals surface area contributed by atoms with E-state index in [0.717, 1.165) is 22.6 Å². The van der Waals surface area contributed by atoms with Gasteiger partial charge in [0.15, 0.2) is 0 Å². The lowest BCUT2D eigenvalue weighted by Crippen LogP contribution is -2.24. The lowest BCUT2D eigenvalue weighted by atomic mass is 9.79. The maximum absolute atomic E-state index is 11.5. The number of ketones is 1. The van der Waals surface area contributed by atoms with Crippen molar-refractivity contribution in [3.05, 3.63) is 48.0 Å². The Labute approximate surface area is 113 Å². The normalized spacial score (nSPS) is 14.0. The number of carbonyl (C=O) groups is 2. The van der Waals surface area contributed by atoms with Gasteiger partial charge in [0, 0.05) is 11.8 Å². The largest absolute Gasteiger partial charge is 0.302 e. The number of hydrogen-bond acceptors (Lipinski definition) is 2. The number of rotatable bonds is 5. The van der Waals surface area contributed by atoms with E-state index in [1.165, 1.54) is 0 Å². The van der Waals surface area contributed by atoms with E-state index in [2.05, 4.69) is 0 Å². The molecule has 0 spiro atoms. The second-order valence-corrected chi connectivity index (χ2v) is 5.30. The van der Waals surface area contributed by atoms with Crippen LogP contribution in [0.1, 0.15) is 32.3 Å². The lowest BCUT2D eigenvalue weighted by molar-refractivity contribution is -0.117. The molecular weight excluding hydrogens is 236 g/mol. The zero-order valence-corrected chi connectivity index (χ0v) is 11.3. The molecule has 2 heteroatoms. The van der Waals surface area contributed by atoms with Crippen LogP contribution in [-0.2, 0) is 15.0 Å². The topological polar surface area (TPSA) is 34.1 Å². The summed E-state index contributed by atoms with van der Waals surface area (Å²) in [5.74, 6) is 0.119. The van der Waals surface area contributed by atoms with Crippen molar-refractivity contribution in [3.8, 4) is 0 Å². The molecule has 0 aliphatic heterocycles. The number of hydrogen-bond donors (Lipinski definition) is 0. The molecule has 0 saturated carbocycles. The van der Waals surface area contributed by atoms with Crippen LogP contribution in [0.2, 0.25) is 0 Å². The van der Waals surface area contributed by atoms with Gasteiger partial charge in [0.1, 0.15) is 12.1 Å². The Hall–Kier alpha value is -1.96. The minimum absolute atomic E-state index is 0.119. The molecule has 0 aliphatic rings. The van der Waals surface area contributed by atoms with Crippen molar-refractivity contribution in [3.63, 3.8) is 0 Å². The van der Waals surface area contributed by atoms with Crippen LogP contribution in [0.15, 0.2) is 42.5 Å². The molecule has 0 saturated heterocycles. The van der Waals surface area contributed by atoms with E-state index in [-0.39, 0.29) is 5.78 Å². The molecule has 0 bridgehead atoms. The second-order valence-electron chi connectivity index (χ2n) is 5.30. The molecule has 2 aromatic rings. The first-order chi connectivity index (χ1) is 9.05. The van der Waals surface area contributed by atoms with Gasteiger partial charge in [-0.2, -0.15) is 0 Å². The van der Waals surface area contributed by atoms with Crippen molar-refractivity contribution in [1.82, 2.24) is 0 Å². The highest BCUT2D eigenvalue weighted by molar-refractivity contribution is 5.85. The van der Waals surface area contributed by atoms with Gasteiger partial charge in [-0.05, 0) is 36.6 Å². The molecule has 2 nitrogen and oxygen atoms in total. The molecule has 0 aromatic heterocycles. The van der Waals surface area contributed by atoms with E-state index in [1.54, 1.807) is 6.92 Å². The zero-order valence-electron chi connectivity index (χ0n) is 11.3. The monoisotopic (exact) mass is 254 g/mol. The molecular formula is C17H18O2. The first-order valence-corrected chi connectivity index (χ1v) is 6.50. The average molecular weight is 254 g/mol. The van der Waals surface area contributed by atoms with Crippen LogP contribution in [0.3, 0.4) is 0 Å². The summed E-state index contributed by atoms with van der Waals surface area (Å²) in [6, 6.07) is 14.1. The van der Waals surface area contributed by atoms with Gasteiger partial charge in [0.2, 0.25) is 0 Å². The fourth-order valence-corrected chi connectivity index (χ4v) is 2.25. The van der Waals surface area contributed by atoms with Gasteiger partial charge in [-0.1, -0.05) is 42.5 Å². The van der Waals surface area contributed by atoms with Crippen molar-refractivity contribution in [2.24, 2.45) is 0 Å². The van der Waals surface area contributed by atoms with E-state index in [4.69, 9.17) is 0 Å². The number of aldehydes is 1. The van der Waals surface area contributed by atoms with Crippen molar-refractivity contribution in [2.75, 3.05) is 0 Å². The summed E-state index contributed by atoms with van der Waals surface area (Å²) in [5.41, 5.74) is 0.387. The van der Waals surface area contributed by atoms with Crippen LogP contribution in [0.25, 0.3) is 10.8 Å². The zero-order chi connectivity index (χ0) is 13.9. The van der Waals surface area contributed by atoms with E-state index in [9.17, 15) is 9.59 Å². The highest BCUT2D eigenvalue weighted by atomic mass is 16.1. The third-order valence-corrected chi connectivity index (χ3v) is 3.67. The fourth-order valence-electron chi connectivity index (χ4n) is 2.25. The van der Waals surface area contributed by atoms with E-state index in [1.807, 2.05) is 49.4 Å². The van der Waals surface area contributed by atoms with Crippen LogP contribution >= 0.6 is 0 Å². The van der Waals surface area contributed by atoms with Crippen LogP contribution < -0.4 is 0 Å². The molecule has 0 aliphatic carbocycles. The molecule has 0 unspecified atom stereocenters. The summed E-state index contributed by atoms with van der Waals surface area (Å²) in [6.45, 7) is 3.46. The van der Waals surface area contributed by atoms with Crippen LogP contribution in [-0.4, -0.2) is 12.1 Å². The quantitative estimate of drug-likeness (QED) is 0.763. The molecule has 0 fully saturated rings. The van der Waals surface area contributed by atoms with Crippen LogP contribution in [0.4, 0.5) is 0 Å². The summed E-state index contributed by atoms with van der Waals surface area (Å²) < 4.78 is 0. The van der Waals surface area contributed by atoms with Gasteiger partial charge in [-0.3, -0.25) is 0 Å². The smallest absolute Gasteiger partial charge is 0.130 e. The summed E-state index contributed by atoms with van der Waals surface area (Å²) in [6.07, 6.45) is 1.95. The van der Waals surface area contributed by atoms with Crippen molar-refractivity contribution >= 4 is 22.8 Å². The molecule has 19 heavy (non-hydrogen) atoms. The molecule has 0 heterocycles. The van der Waals surface area contributed by atoms with Crippen molar-refractivity contribution in [1.29, 1.82) is 0 Å². The second kappa shape index (κ2) is 5.35. The van der Waals surface area contributed by atoms with E-state index >= 15 is 0 Å². The van der Waals surface area contributed by atoms with Gasteiger partial charge in [0.05, 0.1) is 0 Å². The van der Waals surface area contributed by atoms with Gasteiger partial charge in [0.25, 0.3) is 0 Å². The number of carbonyl (C=O) groups excluding carboxylic acids is 2. The summed E-state index contributed by atoms with van der Waals surface area (Å²) in [4.78, 5) is 22.6. The maximum atomic E-state index is 11.5. The molecule has 0 N–H and O–H groups in total. The number of fused-ring (bicyclic) bond motifs is 1. The molecule has 1 atom stereocenters. The summed E-state index contributed by atoms with van der Waals surface area (Å²) >= 11 is 0. The number of Topliss-reactive ketones (excluding diaryl/α,β-unsaturated/α-hetero) is 1. The highest BCUT2D eigenvalue weighted by Crippen LogP contribution is 2.29. The molecule has 2 rings (SSSR count). The van der Waals surface area contributed by atoms with Gasteiger partial charge in [-0.15, -0.1) is 0 Å². The molecule has 0 amide bonds. The van der Waals surface area contributed by atoms with E-state index in [0.29, 0.717) is 12.8 Å². The van der Waals surface area contributed by atoms with Crippen LogP contribution in [0, 0.1) is 0 Å². The minimum atomic E-state index is -0.588. The maximum Gasteiger partial charge on any atom is 0.130 e. The Kier molecular flexibility index (Phi) is 3.79. The van der Waals surface area contributed by atoms with Crippen molar-refractivity contribution in [2.45, 2.75) is 32.1 Å². The summed E-state index contributed by atoms with van der Waals surface area (Å²) in [7, 11) is 0. The van der Waals surface area contributed by atoms with Crippen molar-refractivity contribution < 1.29 is 9.59 Å². The predicted molar refractivity (Wildman–Crippen MR) is 77.3 cm³/mol. The first kappa shape index (κ1) is 13.5. The Morgan fingerprint density at radius 3 is 2.47 bits per heavy atom. The molecule has 2 aromatic carbocycles. The number of benzene rings is 2. The SMILES string of the molecule is CC(=O)CC[C@@](C)(C=O)c1ccc2ccccc2c1. The lowest BCUT2D eigenvalue weighted by Gasteiger charge is -2.23. The minimum Gasteiger partial charge on any atom is -0.302 e. The standard InChI is InChI=1S/C17H18O2/c1-13(19)9-10-17(2,12-18)16-8-7-14-5-3-4-6-15(14)11-16/h3-8,11-12H,9-10H2,1-2H3/t17-/m0/s1. The Bertz CT molecular complexity index is 615. The summed E-state index contributed by atoms with van der Waals surface area (Å²) in [5, 5.41) is 2.28. The Morgan fingerprint density at radius 2 is 1.84 bits per heavy atom. The fraction of sp³-hybridized carbons (Fsp3) is 0.294. The van der Waals surface area contributed by atoms with Gasteiger partial charge >= 0.3 is 0 Å². The Balaban J connectivity index is 2.39. The third-order valence-electron chi connectivity index (χ3n) is 3.67. The molecule has 0 radical (unpaired) electrons.